The maximum atomic E-state index is 12.8. The minimum Gasteiger partial charge on any atom is -0.462 e. The fourth-order valence-corrected chi connectivity index (χ4v) is 9.44. The topological polar surface area (TPSA) is 210 Å². The molecule has 0 aromatic rings. The maximum Gasteiger partial charge on any atom is 0.472 e. The molecule has 1 rings (SSSR count). The van der Waals surface area contributed by atoms with Gasteiger partial charge in [-0.3, -0.25) is 18.6 Å². The van der Waals surface area contributed by atoms with E-state index in [0.29, 0.717) is 12.8 Å². The highest BCUT2D eigenvalue weighted by molar-refractivity contribution is 7.47. The number of hydrogen-bond donors (Lipinski definition) is 6. The molecule has 0 amide bonds. The molecule has 0 aliphatic heterocycles. The smallest absolute Gasteiger partial charge is 0.462 e. The molecule has 14 heteroatoms. The van der Waals surface area contributed by atoms with E-state index in [1.54, 1.807) is 0 Å². The van der Waals surface area contributed by atoms with Gasteiger partial charge in [-0.15, -0.1) is 0 Å². The van der Waals surface area contributed by atoms with E-state index in [1.807, 2.05) is 0 Å². The van der Waals surface area contributed by atoms with Gasteiger partial charge in [0.05, 0.1) is 6.61 Å². The molecule has 6 unspecified atom stereocenters. The summed E-state index contributed by atoms with van der Waals surface area (Å²) in [6.07, 6.45) is 30.1. The van der Waals surface area contributed by atoms with Crippen LogP contribution >= 0.6 is 7.82 Å². The van der Waals surface area contributed by atoms with Gasteiger partial charge in [0, 0.05) is 12.8 Å². The highest BCUT2D eigenvalue weighted by Crippen LogP contribution is 2.47. The van der Waals surface area contributed by atoms with Crippen LogP contribution in [0.4, 0.5) is 0 Å². The lowest BCUT2D eigenvalue weighted by Gasteiger charge is -2.41. The predicted octanol–water partition coefficient (Wildman–Crippen LogP) is 11.2. The summed E-state index contributed by atoms with van der Waals surface area (Å²) in [5.41, 5.74) is 0. The second-order valence-corrected chi connectivity index (χ2v) is 20.2. The van der Waals surface area contributed by atoms with Crippen LogP contribution in [0.3, 0.4) is 0 Å². The number of carbonyl (C=O) groups excluding carboxylic acids is 2. The van der Waals surface area contributed by atoms with Crippen molar-refractivity contribution in [3.05, 3.63) is 0 Å². The zero-order valence-corrected chi connectivity index (χ0v) is 41.5. The zero-order chi connectivity index (χ0) is 47.1. The lowest BCUT2D eigenvalue weighted by molar-refractivity contribution is -0.220. The highest BCUT2D eigenvalue weighted by atomic mass is 31.2. The number of unbranched alkanes of at least 4 members (excludes halogenated alkanes) is 33. The molecule has 380 valence electrons. The van der Waals surface area contributed by atoms with Crippen LogP contribution in [0, 0.1) is 0 Å². The molecule has 0 aromatic carbocycles. The molecule has 1 aliphatic rings. The van der Waals surface area contributed by atoms with Crippen molar-refractivity contribution >= 4 is 19.8 Å². The zero-order valence-electron chi connectivity index (χ0n) is 40.6. The summed E-state index contributed by atoms with van der Waals surface area (Å²) in [5.74, 6) is -1.08. The van der Waals surface area contributed by atoms with E-state index in [0.717, 1.165) is 38.5 Å². The lowest BCUT2D eigenvalue weighted by atomic mass is 9.85. The molecule has 0 bridgehead atoms. The molecule has 0 heterocycles. The Bertz CT molecular complexity index is 1130. The third-order valence-electron chi connectivity index (χ3n) is 12.7. The molecule has 6 N–H and O–H groups in total. The summed E-state index contributed by atoms with van der Waals surface area (Å²) in [6, 6.07) is 0. The maximum absolute atomic E-state index is 12.8. The van der Waals surface area contributed by atoms with Crippen molar-refractivity contribution in [1.29, 1.82) is 0 Å². The predicted molar refractivity (Wildman–Crippen MR) is 254 cm³/mol. The van der Waals surface area contributed by atoms with Crippen LogP contribution in [0.5, 0.6) is 0 Å². The first-order valence-corrected chi connectivity index (χ1v) is 27.8. The highest BCUT2D eigenvalue weighted by Gasteiger charge is 2.51. The van der Waals surface area contributed by atoms with Crippen molar-refractivity contribution in [2.24, 2.45) is 0 Å². The van der Waals surface area contributed by atoms with Gasteiger partial charge in [0.15, 0.2) is 6.10 Å². The quantitative estimate of drug-likeness (QED) is 0.0191. The third kappa shape index (κ3) is 32.5. The molecule has 0 spiro atoms. The average Bonchev–Trinajstić information content (AvgIpc) is 3.28. The number of carbonyl (C=O) groups is 2. The minimum atomic E-state index is -5.11. The van der Waals surface area contributed by atoms with Gasteiger partial charge in [-0.2, -0.15) is 0 Å². The molecule has 13 nitrogen and oxygen atoms in total. The first kappa shape index (κ1) is 60.9. The van der Waals surface area contributed by atoms with Crippen LogP contribution in [0.15, 0.2) is 0 Å². The summed E-state index contributed by atoms with van der Waals surface area (Å²) in [7, 11) is -5.11. The average molecular weight is 937 g/mol. The van der Waals surface area contributed by atoms with Crippen molar-refractivity contribution < 1.29 is 63.1 Å². The number of aliphatic hydroxyl groups excluding tert-OH is 5. The van der Waals surface area contributed by atoms with Crippen molar-refractivity contribution in [3.8, 4) is 0 Å². The van der Waals surface area contributed by atoms with E-state index in [-0.39, 0.29) is 12.8 Å². The van der Waals surface area contributed by atoms with Gasteiger partial charge in [0.25, 0.3) is 0 Å². The Hall–Kier alpha value is -1.15. The Morgan fingerprint density at radius 1 is 0.422 bits per heavy atom. The second kappa shape index (κ2) is 40.9. The number of esters is 2. The lowest BCUT2D eigenvalue weighted by Crippen LogP contribution is -2.64. The van der Waals surface area contributed by atoms with Crippen molar-refractivity contribution in [3.63, 3.8) is 0 Å². The fourth-order valence-electron chi connectivity index (χ4n) is 8.47. The fraction of sp³-hybridized carbons (Fsp3) is 0.960. The monoisotopic (exact) mass is 937 g/mol. The standard InChI is InChI=1S/C50H97O13P/c1-3-5-7-9-11-13-15-17-19-21-22-23-25-26-28-30-32-34-36-38-43(51)60-40-42(41-61-64(58,59)63-50-48(56)46(54)45(53)47(55)49(50)57)62-44(52)39-37-35-33-31-29-27-24-20-18-16-14-12-10-8-6-4-2/h42,45-50,53-57H,3-41H2,1-2H3,(H,58,59)/t42-,45?,46-,47?,48?,49?,50?/m1/s1. The van der Waals surface area contributed by atoms with Crippen molar-refractivity contribution in [2.75, 3.05) is 13.2 Å². The third-order valence-corrected chi connectivity index (χ3v) is 13.7. The number of hydrogen-bond acceptors (Lipinski definition) is 12. The number of phosphoric acid groups is 1. The molecule has 0 saturated heterocycles. The summed E-state index contributed by atoms with van der Waals surface area (Å²) >= 11 is 0. The first-order chi connectivity index (χ1) is 30.9. The van der Waals surface area contributed by atoms with Gasteiger partial charge in [0.1, 0.15) is 43.2 Å². The summed E-state index contributed by atoms with van der Waals surface area (Å²) in [6.45, 7) is 3.35. The summed E-state index contributed by atoms with van der Waals surface area (Å²) in [5, 5.41) is 50.3. The van der Waals surface area contributed by atoms with Gasteiger partial charge in [-0.05, 0) is 12.8 Å². The van der Waals surface area contributed by atoms with E-state index in [9.17, 15) is 44.6 Å². The summed E-state index contributed by atoms with van der Waals surface area (Å²) < 4.78 is 33.7. The van der Waals surface area contributed by atoms with Gasteiger partial charge in [-0.25, -0.2) is 4.57 Å². The molecule has 0 aromatic heterocycles. The number of ether oxygens (including phenoxy) is 2. The van der Waals surface area contributed by atoms with Gasteiger partial charge in [0.2, 0.25) is 0 Å². The minimum absolute atomic E-state index is 0.105. The summed E-state index contributed by atoms with van der Waals surface area (Å²) in [4.78, 5) is 35.8. The molecular formula is C50H97O13P. The Kier molecular flexibility index (Phi) is 38.9. The Morgan fingerprint density at radius 3 is 1.03 bits per heavy atom. The van der Waals surface area contributed by atoms with E-state index >= 15 is 0 Å². The molecule has 1 saturated carbocycles. The van der Waals surface area contributed by atoms with Crippen molar-refractivity contribution in [2.45, 2.75) is 294 Å². The number of aliphatic hydroxyl groups is 5. The number of phosphoric ester groups is 1. The first-order valence-electron chi connectivity index (χ1n) is 26.3. The van der Waals surface area contributed by atoms with Crippen molar-refractivity contribution in [1.82, 2.24) is 0 Å². The largest absolute Gasteiger partial charge is 0.472 e. The van der Waals surface area contributed by atoms with Crippen LogP contribution in [0.2, 0.25) is 0 Å². The normalized spacial score (nSPS) is 21.4. The molecule has 64 heavy (non-hydrogen) atoms. The molecular weight excluding hydrogens is 840 g/mol. The Balaban J connectivity index is 2.36. The SMILES string of the molecule is CCCCCCCCCCCCCCCCCCCCCC(=O)OC[C@H](COP(=O)(O)OC1C(O)C(O)C(O)[C@@H](O)C1O)OC(=O)CCCCCCCCCCCCCCCCCC. The van der Waals surface area contributed by atoms with Crippen LogP contribution in [-0.4, -0.2) is 98.3 Å². The van der Waals surface area contributed by atoms with Gasteiger partial charge < -0.3 is 39.9 Å². The molecule has 1 aliphatic carbocycles. The van der Waals surface area contributed by atoms with E-state index < -0.39 is 75.7 Å². The number of rotatable bonds is 45. The van der Waals surface area contributed by atoms with E-state index in [2.05, 4.69) is 13.8 Å². The van der Waals surface area contributed by atoms with E-state index in [1.165, 1.54) is 173 Å². The van der Waals surface area contributed by atoms with Crippen LogP contribution in [0.1, 0.15) is 251 Å². The Morgan fingerprint density at radius 2 is 0.703 bits per heavy atom. The van der Waals surface area contributed by atoms with Crippen LogP contribution in [-0.2, 0) is 32.7 Å². The van der Waals surface area contributed by atoms with E-state index in [4.69, 9.17) is 18.5 Å². The van der Waals surface area contributed by atoms with Gasteiger partial charge >= 0.3 is 19.8 Å². The van der Waals surface area contributed by atoms with Gasteiger partial charge in [-0.1, -0.05) is 226 Å². The molecule has 8 atom stereocenters. The van der Waals surface area contributed by atoms with Crippen LogP contribution < -0.4 is 0 Å². The Labute approximate surface area is 389 Å². The molecule has 0 radical (unpaired) electrons. The van der Waals surface area contributed by atoms with Crippen LogP contribution in [0.25, 0.3) is 0 Å². The molecule has 1 fully saturated rings. The second-order valence-electron chi connectivity index (χ2n) is 18.7.